The largest absolute Gasteiger partial charge is 0.270 e. The average Bonchev–Trinajstić information content (AvgIpc) is 3.26. The van der Waals surface area contributed by atoms with E-state index in [0.717, 1.165) is 52.6 Å². The molecule has 164 valence electrons. The summed E-state index contributed by atoms with van der Waals surface area (Å²) < 4.78 is 29.4. The molecule has 0 aliphatic heterocycles. The summed E-state index contributed by atoms with van der Waals surface area (Å²) in [7, 11) is 0. The Morgan fingerprint density at radius 2 is 1.36 bits per heavy atom. The van der Waals surface area contributed by atoms with Crippen LogP contribution >= 0.6 is 0 Å². The molecule has 5 aromatic rings. The van der Waals surface area contributed by atoms with Crippen molar-refractivity contribution in [3.8, 4) is 33.5 Å². The van der Waals surface area contributed by atoms with Gasteiger partial charge in [0, 0.05) is 47.2 Å². The second kappa shape index (κ2) is 8.90. The molecule has 2 aromatic carbocycles. The number of aromatic nitrogens is 4. The minimum absolute atomic E-state index is 0.299. The van der Waals surface area contributed by atoms with E-state index in [1.54, 1.807) is 36.7 Å². The Bertz CT molecular complexity index is 1390. The first-order chi connectivity index (χ1) is 16.1. The lowest BCUT2D eigenvalue weighted by Crippen LogP contribution is -1.98. The average molecular weight is 440 g/mol. The first-order valence-electron chi connectivity index (χ1n) is 11.0. The van der Waals surface area contributed by atoms with Crippen LogP contribution in [0.5, 0.6) is 0 Å². The zero-order valence-electron chi connectivity index (χ0n) is 18.2. The summed E-state index contributed by atoms with van der Waals surface area (Å²) in [5.74, 6) is -0.611. The molecule has 0 saturated heterocycles. The Labute approximate surface area is 190 Å². The minimum Gasteiger partial charge on any atom is -0.270 e. The van der Waals surface area contributed by atoms with Gasteiger partial charge in [-0.05, 0) is 66.1 Å². The Hall–Kier alpha value is -3.93. The van der Waals surface area contributed by atoms with Crippen molar-refractivity contribution in [1.82, 2.24) is 19.7 Å². The molecule has 0 saturated carbocycles. The molecule has 0 spiro atoms. The topological polar surface area (TPSA) is 43.6 Å². The Morgan fingerprint density at radius 3 is 2.00 bits per heavy atom. The van der Waals surface area contributed by atoms with Gasteiger partial charge in [0.1, 0.15) is 11.6 Å². The Kier molecular flexibility index (Phi) is 5.65. The maximum atomic E-state index is 13.8. The van der Waals surface area contributed by atoms with Crippen molar-refractivity contribution in [2.75, 3.05) is 0 Å². The lowest BCUT2D eigenvalue weighted by molar-refractivity contribution is 0.575. The van der Waals surface area contributed by atoms with Crippen LogP contribution in [0.3, 0.4) is 0 Å². The summed E-state index contributed by atoms with van der Waals surface area (Å²) in [4.78, 5) is 9.10. The monoisotopic (exact) mass is 440 g/mol. The van der Waals surface area contributed by atoms with Gasteiger partial charge in [0.2, 0.25) is 0 Å². The van der Waals surface area contributed by atoms with Gasteiger partial charge in [-0.1, -0.05) is 25.5 Å². The van der Waals surface area contributed by atoms with E-state index in [1.807, 2.05) is 23.0 Å². The molecule has 0 amide bonds. The van der Waals surface area contributed by atoms with Crippen molar-refractivity contribution in [3.05, 3.63) is 90.9 Å². The van der Waals surface area contributed by atoms with E-state index in [4.69, 9.17) is 10.1 Å². The molecule has 3 heterocycles. The van der Waals surface area contributed by atoms with Crippen LogP contribution in [0, 0.1) is 11.6 Å². The number of hydrogen-bond acceptors (Lipinski definition) is 3. The third-order valence-electron chi connectivity index (χ3n) is 5.68. The molecular formula is C27H22F2N4. The number of rotatable bonds is 6. The maximum absolute atomic E-state index is 13.8. The SMILES string of the molecule is CCCCn1cc2c(-c3ccc(F)cc3)c(-c3ccncc3)c(-c3ccc(F)cc3)nc2n1. The number of benzene rings is 2. The normalized spacial score (nSPS) is 11.2. The van der Waals surface area contributed by atoms with Gasteiger partial charge in [0.15, 0.2) is 5.65 Å². The molecule has 5 rings (SSSR count). The highest BCUT2D eigenvalue weighted by Gasteiger charge is 2.21. The molecule has 33 heavy (non-hydrogen) atoms. The van der Waals surface area contributed by atoms with Crippen molar-refractivity contribution in [2.45, 2.75) is 26.3 Å². The number of pyridine rings is 2. The van der Waals surface area contributed by atoms with Crippen LogP contribution < -0.4 is 0 Å². The fraction of sp³-hybridized carbons (Fsp3) is 0.148. The molecular weight excluding hydrogens is 418 g/mol. The van der Waals surface area contributed by atoms with E-state index in [-0.39, 0.29) is 11.6 Å². The van der Waals surface area contributed by atoms with Crippen LogP contribution in [-0.2, 0) is 6.54 Å². The first kappa shape index (κ1) is 20.9. The molecule has 3 aromatic heterocycles. The lowest BCUT2D eigenvalue weighted by atomic mass is 9.90. The number of nitrogens with zero attached hydrogens (tertiary/aromatic N) is 4. The summed E-state index contributed by atoms with van der Waals surface area (Å²) in [5, 5.41) is 5.62. The van der Waals surface area contributed by atoms with E-state index < -0.39 is 0 Å². The summed E-state index contributed by atoms with van der Waals surface area (Å²) in [6.45, 7) is 2.92. The second-order valence-electron chi connectivity index (χ2n) is 7.94. The number of aryl methyl sites for hydroxylation is 1. The predicted octanol–water partition coefficient (Wildman–Crippen LogP) is 6.91. The number of unbranched alkanes of at least 4 members (excludes halogenated alkanes) is 1. The molecule has 0 bridgehead atoms. The highest BCUT2D eigenvalue weighted by Crippen LogP contribution is 2.42. The third kappa shape index (κ3) is 4.12. The lowest BCUT2D eigenvalue weighted by Gasteiger charge is -2.16. The zero-order chi connectivity index (χ0) is 22.8. The quantitative estimate of drug-likeness (QED) is 0.288. The Balaban J connectivity index is 1.88. The maximum Gasteiger partial charge on any atom is 0.182 e. The number of fused-ring (bicyclic) bond motifs is 1. The highest BCUT2D eigenvalue weighted by molar-refractivity contribution is 6.05. The van der Waals surface area contributed by atoms with Gasteiger partial charge < -0.3 is 0 Å². The van der Waals surface area contributed by atoms with Crippen LogP contribution in [0.15, 0.2) is 79.3 Å². The van der Waals surface area contributed by atoms with Crippen molar-refractivity contribution in [1.29, 1.82) is 0 Å². The van der Waals surface area contributed by atoms with Crippen LogP contribution in [0.1, 0.15) is 19.8 Å². The fourth-order valence-corrected chi connectivity index (χ4v) is 4.05. The van der Waals surface area contributed by atoms with Gasteiger partial charge >= 0.3 is 0 Å². The molecule has 0 fully saturated rings. The fourth-order valence-electron chi connectivity index (χ4n) is 4.05. The predicted molar refractivity (Wildman–Crippen MR) is 126 cm³/mol. The molecule has 0 aliphatic carbocycles. The van der Waals surface area contributed by atoms with Crippen molar-refractivity contribution in [3.63, 3.8) is 0 Å². The Morgan fingerprint density at radius 1 is 0.758 bits per heavy atom. The molecule has 0 radical (unpaired) electrons. The van der Waals surface area contributed by atoms with Crippen LogP contribution in [0.25, 0.3) is 44.5 Å². The van der Waals surface area contributed by atoms with E-state index in [9.17, 15) is 8.78 Å². The molecule has 6 heteroatoms. The van der Waals surface area contributed by atoms with Crippen LogP contribution in [0.4, 0.5) is 8.78 Å². The molecule has 0 aliphatic rings. The third-order valence-corrected chi connectivity index (χ3v) is 5.68. The standard InChI is InChI=1S/C27H22F2N4/c1-2-3-16-33-17-23-24(18-4-8-21(28)9-5-18)25(19-12-14-30-15-13-19)26(31-27(23)32-33)20-6-10-22(29)11-7-20/h4-15,17H,2-3,16H2,1H3. The van der Waals surface area contributed by atoms with Gasteiger partial charge in [-0.25, -0.2) is 13.8 Å². The summed E-state index contributed by atoms with van der Waals surface area (Å²) >= 11 is 0. The molecule has 0 atom stereocenters. The van der Waals surface area contributed by atoms with Crippen molar-refractivity contribution < 1.29 is 8.78 Å². The van der Waals surface area contributed by atoms with E-state index in [0.29, 0.717) is 11.3 Å². The van der Waals surface area contributed by atoms with Crippen molar-refractivity contribution in [2.24, 2.45) is 0 Å². The van der Waals surface area contributed by atoms with Crippen molar-refractivity contribution >= 4 is 11.0 Å². The van der Waals surface area contributed by atoms with Gasteiger partial charge in [-0.15, -0.1) is 0 Å². The summed E-state index contributed by atoms with van der Waals surface area (Å²) in [6.07, 6.45) is 7.52. The first-order valence-corrected chi connectivity index (χ1v) is 11.0. The molecule has 0 unspecified atom stereocenters. The number of halogens is 2. The van der Waals surface area contributed by atoms with E-state index in [2.05, 4.69) is 11.9 Å². The number of hydrogen-bond donors (Lipinski definition) is 0. The summed E-state index contributed by atoms with van der Waals surface area (Å²) in [6, 6.07) is 16.6. The van der Waals surface area contributed by atoms with Gasteiger partial charge in [-0.2, -0.15) is 5.10 Å². The van der Waals surface area contributed by atoms with Crippen LogP contribution in [-0.4, -0.2) is 19.7 Å². The van der Waals surface area contributed by atoms with Gasteiger partial charge in [0.05, 0.1) is 5.69 Å². The van der Waals surface area contributed by atoms with E-state index in [1.165, 1.54) is 24.3 Å². The summed E-state index contributed by atoms with van der Waals surface area (Å²) in [5.41, 5.74) is 5.62. The minimum atomic E-state index is -0.312. The zero-order valence-corrected chi connectivity index (χ0v) is 18.2. The van der Waals surface area contributed by atoms with Gasteiger partial charge in [0.25, 0.3) is 0 Å². The smallest absolute Gasteiger partial charge is 0.182 e. The van der Waals surface area contributed by atoms with Gasteiger partial charge in [-0.3, -0.25) is 9.67 Å². The van der Waals surface area contributed by atoms with E-state index >= 15 is 0 Å². The second-order valence-corrected chi connectivity index (χ2v) is 7.94. The molecule has 4 nitrogen and oxygen atoms in total. The molecule has 0 N–H and O–H groups in total. The van der Waals surface area contributed by atoms with Crippen LogP contribution in [0.2, 0.25) is 0 Å². The highest BCUT2D eigenvalue weighted by atomic mass is 19.1.